The fourth-order valence-corrected chi connectivity index (χ4v) is 5.41. The average Bonchev–Trinajstić information content (AvgIpc) is 2.87. The SMILES string of the molecule is COc1ccc(Cl)cc1C(=O)N1CCC(C(=O)N2CCC(CCN3CCOCC3)CC2)CC1. The molecule has 3 heterocycles. The van der Waals surface area contributed by atoms with Crippen molar-refractivity contribution >= 4 is 23.4 Å². The Hall–Kier alpha value is -1.83. The molecule has 0 bridgehead atoms. The number of hydrogen-bond acceptors (Lipinski definition) is 5. The van der Waals surface area contributed by atoms with Gasteiger partial charge in [-0.2, -0.15) is 0 Å². The fourth-order valence-electron chi connectivity index (χ4n) is 5.24. The zero-order chi connectivity index (χ0) is 23.2. The lowest BCUT2D eigenvalue weighted by atomic mass is 9.90. The first-order valence-corrected chi connectivity index (χ1v) is 12.6. The van der Waals surface area contributed by atoms with E-state index in [2.05, 4.69) is 9.80 Å². The second-order valence-electron chi connectivity index (χ2n) is 9.42. The summed E-state index contributed by atoms with van der Waals surface area (Å²) in [6.45, 7) is 7.84. The molecular formula is C25H36ClN3O4. The molecule has 3 saturated heterocycles. The predicted octanol–water partition coefficient (Wildman–Crippen LogP) is 3.16. The van der Waals surface area contributed by atoms with Gasteiger partial charge in [-0.05, 0) is 62.8 Å². The van der Waals surface area contributed by atoms with E-state index in [9.17, 15) is 9.59 Å². The van der Waals surface area contributed by atoms with Gasteiger partial charge in [0, 0.05) is 50.2 Å². The molecule has 0 unspecified atom stereocenters. The number of rotatable bonds is 6. The predicted molar refractivity (Wildman–Crippen MR) is 128 cm³/mol. The fraction of sp³-hybridized carbons (Fsp3) is 0.680. The van der Waals surface area contributed by atoms with Crippen molar-refractivity contribution < 1.29 is 19.1 Å². The number of ether oxygens (including phenoxy) is 2. The summed E-state index contributed by atoms with van der Waals surface area (Å²) in [5.41, 5.74) is 0.480. The summed E-state index contributed by atoms with van der Waals surface area (Å²) >= 11 is 6.09. The summed E-state index contributed by atoms with van der Waals surface area (Å²) in [7, 11) is 1.55. The van der Waals surface area contributed by atoms with Crippen molar-refractivity contribution in [3.05, 3.63) is 28.8 Å². The maximum atomic E-state index is 13.1. The van der Waals surface area contributed by atoms with Crippen LogP contribution in [0.25, 0.3) is 0 Å². The summed E-state index contributed by atoms with van der Waals surface area (Å²) in [6.07, 6.45) is 4.84. The van der Waals surface area contributed by atoms with Gasteiger partial charge in [-0.25, -0.2) is 0 Å². The molecule has 0 aliphatic carbocycles. The first-order valence-electron chi connectivity index (χ1n) is 12.3. The number of amides is 2. The first kappa shape index (κ1) is 24.3. The molecule has 3 fully saturated rings. The minimum absolute atomic E-state index is 0.0141. The van der Waals surface area contributed by atoms with E-state index >= 15 is 0 Å². The molecule has 0 radical (unpaired) electrons. The van der Waals surface area contributed by atoms with E-state index in [1.54, 1.807) is 25.3 Å². The van der Waals surface area contributed by atoms with E-state index in [0.717, 1.165) is 58.8 Å². The molecule has 0 saturated carbocycles. The van der Waals surface area contributed by atoms with Gasteiger partial charge in [-0.1, -0.05) is 11.6 Å². The number of morpholine rings is 1. The molecule has 0 aromatic heterocycles. The summed E-state index contributed by atoms with van der Waals surface area (Å²) < 4.78 is 10.8. The number of benzene rings is 1. The van der Waals surface area contributed by atoms with Crippen molar-refractivity contribution in [2.45, 2.75) is 32.1 Å². The van der Waals surface area contributed by atoms with E-state index in [1.807, 2.05) is 4.90 Å². The molecule has 3 aliphatic rings. The average molecular weight is 478 g/mol. The Balaban J connectivity index is 1.21. The van der Waals surface area contributed by atoms with E-state index in [0.29, 0.717) is 48.2 Å². The summed E-state index contributed by atoms with van der Waals surface area (Å²) in [5.74, 6) is 1.44. The van der Waals surface area contributed by atoms with Gasteiger partial charge in [0.15, 0.2) is 0 Å². The van der Waals surface area contributed by atoms with Crippen LogP contribution in [0, 0.1) is 11.8 Å². The largest absolute Gasteiger partial charge is 0.496 e. The molecule has 7 nitrogen and oxygen atoms in total. The molecule has 4 rings (SSSR count). The first-order chi connectivity index (χ1) is 16.0. The van der Waals surface area contributed by atoms with Crippen LogP contribution in [0.15, 0.2) is 18.2 Å². The Morgan fingerprint density at radius 2 is 1.67 bits per heavy atom. The maximum absolute atomic E-state index is 13.1. The third-order valence-electron chi connectivity index (χ3n) is 7.41. The minimum atomic E-state index is -0.0821. The number of halogens is 1. The van der Waals surface area contributed by atoms with Gasteiger partial charge in [0.25, 0.3) is 5.91 Å². The van der Waals surface area contributed by atoms with Crippen molar-refractivity contribution in [1.29, 1.82) is 0 Å². The van der Waals surface area contributed by atoms with Crippen LogP contribution < -0.4 is 4.74 Å². The third kappa shape index (κ3) is 6.19. The van der Waals surface area contributed by atoms with Gasteiger partial charge < -0.3 is 19.3 Å². The Morgan fingerprint density at radius 3 is 2.33 bits per heavy atom. The van der Waals surface area contributed by atoms with Crippen LogP contribution in [0.1, 0.15) is 42.5 Å². The van der Waals surface area contributed by atoms with Crippen LogP contribution in [0.3, 0.4) is 0 Å². The Kier molecular flexibility index (Phi) is 8.50. The third-order valence-corrected chi connectivity index (χ3v) is 7.64. The molecule has 8 heteroatoms. The Labute approximate surface area is 201 Å². The van der Waals surface area contributed by atoms with Crippen molar-refractivity contribution in [3.63, 3.8) is 0 Å². The van der Waals surface area contributed by atoms with Gasteiger partial charge in [0.1, 0.15) is 5.75 Å². The molecule has 33 heavy (non-hydrogen) atoms. The second kappa shape index (κ2) is 11.5. The molecular weight excluding hydrogens is 442 g/mol. The van der Waals surface area contributed by atoms with Crippen LogP contribution in [0.5, 0.6) is 5.75 Å². The van der Waals surface area contributed by atoms with Crippen LogP contribution in [-0.2, 0) is 9.53 Å². The highest BCUT2D eigenvalue weighted by atomic mass is 35.5. The van der Waals surface area contributed by atoms with Gasteiger partial charge in [0.05, 0.1) is 25.9 Å². The number of carbonyl (C=O) groups is 2. The van der Waals surface area contributed by atoms with Crippen LogP contribution >= 0.6 is 11.6 Å². The van der Waals surface area contributed by atoms with E-state index < -0.39 is 0 Å². The maximum Gasteiger partial charge on any atom is 0.257 e. The number of hydrogen-bond donors (Lipinski definition) is 0. The highest BCUT2D eigenvalue weighted by Gasteiger charge is 2.33. The highest BCUT2D eigenvalue weighted by Crippen LogP contribution is 2.28. The zero-order valence-electron chi connectivity index (χ0n) is 19.6. The molecule has 182 valence electrons. The number of methoxy groups -OCH3 is 1. The minimum Gasteiger partial charge on any atom is -0.496 e. The normalized spacial score (nSPS) is 21.3. The standard InChI is InChI=1S/C25H36ClN3O4/c1-32-23-3-2-21(26)18-22(23)25(31)29-12-7-20(8-13-29)24(30)28-10-5-19(6-11-28)4-9-27-14-16-33-17-15-27/h2-3,18-20H,4-17H2,1H3. The van der Waals surface area contributed by atoms with Gasteiger partial charge >= 0.3 is 0 Å². The Bertz CT molecular complexity index is 814. The van der Waals surface area contributed by atoms with Crippen LogP contribution in [-0.4, -0.2) is 92.7 Å². The van der Waals surface area contributed by atoms with Gasteiger partial charge in [-0.15, -0.1) is 0 Å². The van der Waals surface area contributed by atoms with Gasteiger partial charge in [0.2, 0.25) is 5.91 Å². The quantitative estimate of drug-likeness (QED) is 0.629. The lowest BCUT2D eigenvalue weighted by Gasteiger charge is -2.38. The van der Waals surface area contributed by atoms with Crippen molar-refractivity contribution in [2.24, 2.45) is 11.8 Å². The van der Waals surface area contributed by atoms with E-state index in [1.165, 1.54) is 6.42 Å². The molecule has 1 aromatic rings. The van der Waals surface area contributed by atoms with Crippen LogP contribution in [0.4, 0.5) is 0 Å². The summed E-state index contributed by atoms with van der Waals surface area (Å²) in [5, 5.41) is 0.512. The van der Waals surface area contributed by atoms with E-state index in [4.69, 9.17) is 21.1 Å². The van der Waals surface area contributed by atoms with Crippen molar-refractivity contribution in [1.82, 2.24) is 14.7 Å². The number of piperidine rings is 2. The molecule has 2 amide bonds. The lowest BCUT2D eigenvalue weighted by Crippen LogP contribution is -2.47. The topological polar surface area (TPSA) is 62.3 Å². The number of nitrogens with zero attached hydrogens (tertiary/aromatic N) is 3. The summed E-state index contributed by atoms with van der Waals surface area (Å²) in [6, 6.07) is 5.09. The number of likely N-dealkylation sites (tertiary alicyclic amines) is 2. The molecule has 3 aliphatic heterocycles. The lowest BCUT2D eigenvalue weighted by molar-refractivity contribution is -0.138. The smallest absolute Gasteiger partial charge is 0.257 e. The Morgan fingerprint density at radius 1 is 1.00 bits per heavy atom. The van der Waals surface area contributed by atoms with Gasteiger partial charge in [-0.3, -0.25) is 14.5 Å². The zero-order valence-corrected chi connectivity index (χ0v) is 20.4. The number of carbonyl (C=O) groups excluding carboxylic acids is 2. The summed E-state index contributed by atoms with van der Waals surface area (Å²) in [4.78, 5) is 32.5. The molecule has 0 N–H and O–H groups in total. The second-order valence-corrected chi connectivity index (χ2v) is 9.86. The molecule has 0 spiro atoms. The van der Waals surface area contributed by atoms with Crippen LogP contribution in [0.2, 0.25) is 5.02 Å². The molecule has 0 atom stereocenters. The van der Waals surface area contributed by atoms with Crippen molar-refractivity contribution in [3.8, 4) is 5.75 Å². The highest BCUT2D eigenvalue weighted by molar-refractivity contribution is 6.31. The molecule has 1 aromatic carbocycles. The van der Waals surface area contributed by atoms with Crippen molar-refractivity contribution in [2.75, 3.05) is 66.1 Å². The van der Waals surface area contributed by atoms with E-state index in [-0.39, 0.29) is 17.7 Å². The monoisotopic (exact) mass is 477 g/mol.